The molecular formula is C15H12BrFN2OS. The molecule has 0 aliphatic carbocycles. The lowest BCUT2D eigenvalue weighted by Gasteiger charge is -2.05. The quantitative estimate of drug-likeness (QED) is 0.820. The van der Waals surface area contributed by atoms with E-state index < -0.39 is 11.7 Å². The zero-order chi connectivity index (χ0) is 15.2. The second kappa shape index (κ2) is 7.36. The van der Waals surface area contributed by atoms with E-state index in [1.807, 2.05) is 11.4 Å². The Bertz CT molecular complexity index is 718. The van der Waals surface area contributed by atoms with E-state index in [1.165, 1.54) is 29.5 Å². The Hall–Kier alpha value is -1.68. The molecule has 0 saturated heterocycles. The molecule has 0 bridgehead atoms. The first-order valence-electron chi connectivity index (χ1n) is 6.09. The summed E-state index contributed by atoms with van der Waals surface area (Å²) in [4.78, 5) is 13.0. The highest BCUT2D eigenvalue weighted by molar-refractivity contribution is 9.10. The Kier molecular flexibility index (Phi) is 5.51. The van der Waals surface area contributed by atoms with Gasteiger partial charge in [-0.3, -0.25) is 4.79 Å². The van der Waals surface area contributed by atoms with Crippen LogP contribution >= 0.6 is 27.3 Å². The first-order valence-corrected chi connectivity index (χ1v) is 7.77. The minimum absolute atomic E-state index is 0.0190. The van der Waals surface area contributed by atoms with Crippen LogP contribution in [0.3, 0.4) is 0 Å². The summed E-state index contributed by atoms with van der Waals surface area (Å²) >= 11 is 4.86. The van der Waals surface area contributed by atoms with Crippen LogP contribution in [0.5, 0.6) is 0 Å². The normalized spacial score (nSPS) is 9.86. The molecule has 1 aromatic heterocycles. The lowest BCUT2D eigenvalue weighted by molar-refractivity contribution is 0.0947. The highest BCUT2D eigenvalue weighted by Gasteiger charge is 2.12. The summed E-state index contributed by atoms with van der Waals surface area (Å²) in [5, 5.41) is 4.61. The van der Waals surface area contributed by atoms with Gasteiger partial charge >= 0.3 is 0 Å². The third kappa shape index (κ3) is 4.39. The van der Waals surface area contributed by atoms with Gasteiger partial charge in [0, 0.05) is 20.3 Å². The number of thiophene rings is 1. The Labute approximate surface area is 134 Å². The molecule has 1 heterocycles. The molecule has 21 heavy (non-hydrogen) atoms. The predicted molar refractivity (Wildman–Crippen MR) is 85.5 cm³/mol. The Morgan fingerprint density at radius 3 is 2.90 bits per heavy atom. The Morgan fingerprint density at radius 2 is 2.24 bits per heavy atom. The van der Waals surface area contributed by atoms with E-state index in [1.54, 1.807) is 0 Å². The van der Waals surface area contributed by atoms with Crippen LogP contribution in [0.15, 0.2) is 34.1 Å². The van der Waals surface area contributed by atoms with Crippen LogP contribution in [0.25, 0.3) is 0 Å². The fourth-order valence-corrected chi connectivity index (χ4v) is 3.03. The van der Waals surface area contributed by atoms with Gasteiger partial charge in [0.05, 0.1) is 18.7 Å². The molecule has 1 amide bonds. The Balaban J connectivity index is 2.10. The van der Waals surface area contributed by atoms with Gasteiger partial charge in [0.2, 0.25) is 0 Å². The lowest BCUT2D eigenvalue weighted by Crippen LogP contribution is -2.23. The van der Waals surface area contributed by atoms with Gasteiger partial charge < -0.3 is 11.1 Å². The number of carbonyl (C=O) groups is 1. The zero-order valence-electron chi connectivity index (χ0n) is 11.0. The summed E-state index contributed by atoms with van der Waals surface area (Å²) in [7, 11) is 0. The molecule has 2 rings (SSSR count). The first kappa shape index (κ1) is 15.7. The van der Waals surface area contributed by atoms with Crippen molar-refractivity contribution in [1.29, 1.82) is 0 Å². The average Bonchev–Trinajstić information content (AvgIpc) is 2.89. The molecule has 0 radical (unpaired) electrons. The van der Waals surface area contributed by atoms with E-state index in [0.717, 1.165) is 9.35 Å². The summed E-state index contributed by atoms with van der Waals surface area (Å²) in [6.07, 6.45) is 0. The van der Waals surface area contributed by atoms with Crippen LogP contribution < -0.4 is 11.1 Å². The van der Waals surface area contributed by atoms with Gasteiger partial charge in [-0.1, -0.05) is 11.8 Å². The van der Waals surface area contributed by atoms with E-state index in [9.17, 15) is 9.18 Å². The van der Waals surface area contributed by atoms with Crippen molar-refractivity contribution in [3.05, 3.63) is 55.9 Å². The Morgan fingerprint density at radius 1 is 1.43 bits per heavy atom. The maximum Gasteiger partial charge on any atom is 0.254 e. The van der Waals surface area contributed by atoms with Crippen molar-refractivity contribution in [2.75, 3.05) is 6.54 Å². The van der Waals surface area contributed by atoms with Gasteiger partial charge in [0.1, 0.15) is 5.82 Å². The molecule has 0 atom stereocenters. The number of carbonyl (C=O) groups excluding carboxylic acids is 1. The van der Waals surface area contributed by atoms with E-state index >= 15 is 0 Å². The van der Waals surface area contributed by atoms with Crippen molar-refractivity contribution in [2.24, 2.45) is 5.73 Å². The summed E-state index contributed by atoms with van der Waals surface area (Å²) in [5.74, 6) is 4.41. The van der Waals surface area contributed by atoms with E-state index in [2.05, 4.69) is 33.1 Å². The predicted octanol–water partition coefficient (Wildman–Crippen LogP) is 2.89. The van der Waals surface area contributed by atoms with Crippen LogP contribution in [0.1, 0.15) is 20.8 Å². The van der Waals surface area contributed by atoms with Gasteiger partial charge in [-0.05, 0) is 40.2 Å². The second-order valence-corrected chi connectivity index (χ2v) is 6.03. The number of rotatable bonds is 3. The average molecular weight is 367 g/mol. The van der Waals surface area contributed by atoms with Crippen molar-refractivity contribution in [1.82, 2.24) is 5.32 Å². The molecular weight excluding hydrogens is 355 g/mol. The summed E-state index contributed by atoms with van der Waals surface area (Å²) in [5.41, 5.74) is 5.83. The molecule has 0 aliphatic rings. The minimum atomic E-state index is -0.571. The molecule has 0 spiro atoms. The molecule has 3 nitrogen and oxygen atoms in total. The smallest absolute Gasteiger partial charge is 0.254 e. The lowest BCUT2D eigenvalue weighted by atomic mass is 10.1. The van der Waals surface area contributed by atoms with Crippen molar-refractivity contribution < 1.29 is 9.18 Å². The monoisotopic (exact) mass is 366 g/mol. The summed E-state index contributed by atoms with van der Waals surface area (Å²) < 4.78 is 14.7. The van der Waals surface area contributed by atoms with Gasteiger partial charge in [-0.2, -0.15) is 0 Å². The highest BCUT2D eigenvalue weighted by atomic mass is 79.9. The van der Waals surface area contributed by atoms with Crippen LogP contribution in [0, 0.1) is 17.7 Å². The fraction of sp³-hybridized carbons (Fsp3) is 0.133. The van der Waals surface area contributed by atoms with Crippen LogP contribution in [0.2, 0.25) is 0 Å². The second-order valence-electron chi connectivity index (χ2n) is 4.11. The maximum absolute atomic E-state index is 13.7. The molecule has 0 fully saturated rings. The molecule has 2 aromatic rings. The van der Waals surface area contributed by atoms with E-state index in [-0.39, 0.29) is 12.1 Å². The standard InChI is InChI=1S/C15H12BrFN2OS/c16-11-7-12(21-9-11)8-19-15(20)13-6-10(2-1-5-18)3-4-14(13)17/h3-4,6-7,9H,5,8,18H2,(H,19,20). The number of hydrogen-bond acceptors (Lipinski definition) is 3. The third-order valence-electron chi connectivity index (χ3n) is 2.59. The third-order valence-corrected chi connectivity index (χ3v) is 4.29. The number of amides is 1. The topological polar surface area (TPSA) is 55.1 Å². The molecule has 1 aromatic carbocycles. The van der Waals surface area contributed by atoms with Crippen LogP contribution in [-0.2, 0) is 6.54 Å². The van der Waals surface area contributed by atoms with Crippen molar-refractivity contribution in [3.8, 4) is 11.8 Å². The van der Waals surface area contributed by atoms with Crippen molar-refractivity contribution in [3.63, 3.8) is 0 Å². The number of benzene rings is 1. The molecule has 6 heteroatoms. The number of nitrogens with two attached hydrogens (primary N) is 1. The summed E-state index contributed by atoms with van der Waals surface area (Å²) in [6, 6.07) is 6.09. The van der Waals surface area contributed by atoms with Gasteiger partial charge in [0.25, 0.3) is 5.91 Å². The van der Waals surface area contributed by atoms with Gasteiger partial charge in [-0.15, -0.1) is 11.3 Å². The first-order chi connectivity index (χ1) is 10.1. The van der Waals surface area contributed by atoms with E-state index in [0.29, 0.717) is 12.1 Å². The number of hydrogen-bond donors (Lipinski definition) is 2. The molecule has 0 saturated carbocycles. The zero-order valence-corrected chi connectivity index (χ0v) is 13.4. The van der Waals surface area contributed by atoms with Crippen molar-refractivity contribution in [2.45, 2.75) is 6.54 Å². The largest absolute Gasteiger partial charge is 0.347 e. The fourth-order valence-electron chi connectivity index (χ4n) is 1.64. The summed E-state index contributed by atoms with van der Waals surface area (Å²) in [6.45, 7) is 0.569. The SMILES string of the molecule is NCC#Cc1ccc(F)c(C(=O)NCc2cc(Br)cs2)c1. The van der Waals surface area contributed by atoms with Gasteiger partial charge in [0.15, 0.2) is 0 Å². The number of nitrogens with one attached hydrogen (secondary N) is 1. The molecule has 0 unspecified atom stereocenters. The number of halogens is 2. The molecule has 108 valence electrons. The van der Waals surface area contributed by atoms with Crippen molar-refractivity contribution >= 4 is 33.2 Å². The van der Waals surface area contributed by atoms with Crippen LogP contribution in [-0.4, -0.2) is 12.5 Å². The van der Waals surface area contributed by atoms with Crippen LogP contribution in [0.4, 0.5) is 4.39 Å². The minimum Gasteiger partial charge on any atom is -0.347 e. The maximum atomic E-state index is 13.7. The van der Waals surface area contributed by atoms with Gasteiger partial charge in [-0.25, -0.2) is 4.39 Å². The highest BCUT2D eigenvalue weighted by Crippen LogP contribution is 2.19. The molecule has 3 N–H and O–H groups in total. The van der Waals surface area contributed by atoms with E-state index in [4.69, 9.17) is 5.73 Å². The molecule has 0 aliphatic heterocycles.